The molecule has 0 radical (unpaired) electrons. The van der Waals surface area contributed by atoms with Crippen molar-refractivity contribution in [1.82, 2.24) is 9.88 Å². The third-order valence-corrected chi connectivity index (χ3v) is 7.07. The Hall–Kier alpha value is -2.71. The van der Waals surface area contributed by atoms with Gasteiger partial charge >= 0.3 is 0 Å². The van der Waals surface area contributed by atoms with Crippen LogP contribution in [-0.2, 0) is 4.79 Å². The predicted octanol–water partition coefficient (Wildman–Crippen LogP) is 4.11. The zero-order valence-corrected chi connectivity index (χ0v) is 18.2. The maximum absolute atomic E-state index is 12.6. The minimum Gasteiger partial charge on any atom is -0.454 e. The summed E-state index contributed by atoms with van der Waals surface area (Å²) in [5, 5.41) is 1.03. The molecule has 2 aliphatic rings. The molecule has 1 saturated heterocycles. The summed E-state index contributed by atoms with van der Waals surface area (Å²) in [7, 11) is 0. The maximum atomic E-state index is 12.6. The highest BCUT2D eigenvalue weighted by molar-refractivity contribution is 7.98. The number of ether oxygens (including phenoxy) is 2. The van der Waals surface area contributed by atoms with Crippen LogP contribution in [0, 0.1) is 0 Å². The van der Waals surface area contributed by atoms with Crippen LogP contribution in [0.5, 0.6) is 11.5 Å². The van der Waals surface area contributed by atoms with Gasteiger partial charge in [0.1, 0.15) is 0 Å². The molecule has 6 nitrogen and oxygen atoms in total. The van der Waals surface area contributed by atoms with Crippen molar-refractivity contribution in [2.24, 2.45) is 0 Å². The van der Waals surface area contributed by atoms with Crippen molar-refractivity contribution < 1.29 is 14.3 Å². The van der Waals surface area contributed by atoms with Crippen LogP contribution in [0.15, 0.2) is 47.4 Å². The van der Waals surface area contributed by atoms with E-state index in [1.807, 2.05) is 29.2 Å². The Bertz CT molecular complexity index is 1120. The topological polar surface area (TPSA) is 54.9 Å². The van der Waals surface area contributed by atoms with Crippen molar-refractivity contribution in [2.45, 2.75) is 4.90 Å². The minimum atomic E-state index is 0.0289. The number of rotatable bonds is 4. The summed E-state index contributed by atoms with van der Waals surface area (Å²) in [6, 6.07) is 12.1. The fourth-order valence-electron chi connectivity index (χ4n) is 3.56. The number of fused-ring (bicyclic) bond motifs is 2. The molecule has 3 aromatic rings. The van der Waals surface area contributed by atoms with Crippen LogP contribution in [0.4, 0.5) is 5.13 Å². The normalized spacial score (nSPS) is 16.0. The van der Waals surface area contributed by atoms with Gasteiger partial charge in [0.05, 0.1) is 10.2 Å². The van der Waals surface area contributed by atoms with Gasteiger partial charge in [-0.2, -0.15) is 0 Å². The van der Waals surface area contributed by atoms with Gasteiger partial charge in [0, 0.05) is 37.2 Å². The molecule has 5 rings (SSSR count). The van der Waals surface area contributed by atoms with E-state index in [2.05, 4.69) is 29.4 Å². The van der Waals surface area contributed by atoms with Crippen LogP contribution < -0.4 is 14.4 Å². The quantitative estimate of drug-likeness (QED) is 0.451. The summed E-state index contributed by atoms with van der Waals surface area (Å²) in [6.45, 7) is 3.21. The number of hydrogen-bond acceptors (Lipinski definition) is 7. The molecule has 1 fully saturated rings. The minimum absolute atomic E-state index is 0.0289. The number of hydrogen-bond donors (Lipinski definition) is 0. The van der Waals surface area contributed by atoms with E-state index >= 15 is 0 Å². The van der Waals surface area contributed by atoms with Gasteiger partial charge in [0.15, 0.2) is 16.6 Å². The molecule has 2 aliphatic heterocycles. The van der Waals surface area contributed by atoms with Crippen molar-refractivity contribution in [2.75, 3.05) is 44.1 Å². The molecule has 3 heterocycles. The molecule has 30 heavy (non-hydrogen) atoms. The molecule has 1 aromatic heterocycles. The Morgan fingerprint density at radius 3 is 2.77 bits per heavy atom. The van der Waals surface area contributed by atoms with E-state index < -0.39 is 0 Å². The first-order valence-corrected chi connectivity index (χ1v) is 11.8. The van der Waals surface area contributed by atoms with Crippen molar-refractivity contribution in [1.29, 1.82) is 0 Å². The van der Waals surface area contributed by atoms with Crippen LogP contribution in [0.2, 0.25) is 0 Å². The van der Waals surface area contributed by atoms with Crippen molar-refractivity contribution in [3.63, 3.8) is 0 Å². The third kappa shape index (κ3) is 3.85. The van der Waals surface area contributed by atoms with E-state index in [9.17, 15) is 4.79 Å². The maximum Gasteiger partial charge on any atom is 0.246 e. The number of aromatic nitrogens is 1. The summed E-state index contributed by atoms with van der Waals surface area (Å²) in [5.41, 5.74) is 1.96. The Balaban J connectivity index is 1.20. The van der Waals surface area contributed by atoms with Gasteiger partial charge in [0.2, 0.25) is 12.7 Å². The summed E-state index contributed by atoms with van der Waals surface area (Å²) >= 11 is 3.46. The zero-order chi connectivity index (χ0) is 20.5. The first-order chi connectivity index (χ1) is 14.7. The summed E-state index contributed by atoms with van der Waals surface area (Å²) in [6.07, 6.45) is 5.54. The monoisotopic (exact) mass is 439 g/mol. The van der Waals surface area contributed by atoms with Crippen LogP contribution in [0.1, 0.15) is 5.56 Å². The summed E-state index contributed by atoms with van der Waals surface area (Å²) in [4.78, 5) is 22.8. The number of nitrogens with zero attached hydrogens (tertiary/aromatic N) is 3. The number of benzene rings is 2. The smallest absolute Gasteiger partial charge is 0.246 e. The first kappa shape index (κ1) is 19.3. The van der Waals surface area contributed by atoms with E-state index in [1.54, 1.807) is 29.2 Å². The Kier molecular flexibility index (Phi) is 5.26. The molecule has 0 bridgehead atoms. The van der Waals surface area contributed by atoms with Gasteiger partial charge in [-0.15, -0.1) is 11.8 Å². The molecule has 1 amide bonds. The Morgan fingerprint density at radius 2 is 1.93 bits per heavy atom. The average Bonchev–Trinajstić information content (AvgIpc) is 3.43. The van der Waals surface area contributed by atoms with Gasteiger partial charge < -0.3 is 19.3 Å². The first-order valence-electron chi connectivity index (χ1n) is 9.76. The molecule has 0 N–H and O–H groups in total. The molecule has 2 aromatic carbocycles. The molecule has 0 aliphatic carbocycles. The average molecular weight is 440 g/mol. The number of carbonyl (C=O) groups excluding carboxylic acids is 1. The van der Waals surface area contributed by atoms with Gasteiger partial charge in [0.25, 0.3) is 0 Å². The second kappa shape index (κ2) is 8.20. The molecule has 0 unspecified atom stereocenters. The van der Waals surface area contributed by atoms with Crippen LogP contribution >= 0.6 is 23.1 Å². The van der Waals surface area contributed by atoms with Gasteiger partial charge in [-0.25, -0.2) is 4.98 Å². The summed E-state index contributed by atoms with van der Waals surface area (Å²) in [5.74, 6) is 1.49. The summed E-state index contributed by atoms with van der Waals surface area (Å²) < 4.78 is 11.9. The number of amides is 1. The predicted molar refractivity (Wildman–Crippen MR) is 122 cm³/mol. The lowest BCUT2D eigenvalue weighted by Gasteiger charge is -2.34. The number of thiazole rings is 1. The van der Waals surface area contributed by atoms with E-state index in [0.717, 1.165) is 40.8 Å². The molecular weight excluding hydrogens is 418 g/mol. The second-order valence-electron chi connectivity index (χ2n) is 7.09. The van der Waals surface area contributed by atoms with E-state index in [1.165, 1.54) is 9.60 Å². The zero-order valence-electron chi connectivity index (χ0n) is 16.5. The highest BCUT2D eigenvalue weighted by Gasteiger charge is 2.22. The largest absolute Gasteiger partial charge is 0.454 e. The molecule has 0 saturated carbocycles. The van der Waals surface area contributed by atoms with Crippen LogP contribution in [0.25, 0.3) is 16.3 Å². The Morgan fingerprint density at radius 1 is 1.10 bits per heavy atom. The van der Waals surface area contributed by atoms with E-state index in [0.29, 0.717) is 13.1 Å². The molecule has 0 spiro atoms. The molecular formula is C22H21N3O3S2. The Labute approximate surface area is 183 Å². The van der Waals surface area contributed by atoms with Crippen molar-refractivity contribution in [3.8, 4) is 11.5 Å². The fourth-order valence-corrected chi connectivity index (χ4v) is 5.13. The van der Waals surface area contributed by atoms with Crippen molar-refractivity contribution >= 4 is 50.4 Å². The van der Waals surface area contributed by atoms with Crippen molar-refractivity contribution in [3.05, 3.63) is 48.0 Å². The van der Waals surface area contributed by atoms with E-state index in [-0.39, 0.29) is 12.7 Å². The lowest BCUT2D eigenvalue weighted by atomic mass is 10.2. The van der Waals surface area contributed by atoms with Gasteiger partial charge in [-0.3, -0.25) is 4.79 Å². The highest BCUT2D eigenvalue weighted by Crippen LogP contribution is 2.33. The molecule has 154 valence electrons. The second-order valence-corrected chi connectivity index (χ2v) is 8.98. The third-order valence-electron chi connectivity index (χ3n) is 5.26. The number of piperazine rings is 1. The van der Waals surface area contributed by atoms with Crippen LogP contribution in [-0.4, -0.2) is 55.0 Å². The lowest BCUT2D eigenvalue weighted by molar-refractivity contribution is -0.126. The van der Waals surface area contributed by atoms with Gasteiger partial charge in [-0.05, 0) is 48.2 Å². The van der Waals surface area contributed by atoms with Crippen LogP contribution in [0.3, 0.4) is 0 Å². The molecule has 8 heteroatoms. The number of thioether (sulfide) groups is 1. The molecule has 0 atom stereocenters. The highest BCUT2D eigenvalue weighted by atomic mass is 32.2. The number of anilines is 1. The SMILES string of the molecule is CSc1ccc2nc(N3CCN(C(=O)C=Cc4ccc5c(c4)OCO5)CC3)sc2c1. The van der Waals surface area contributed by atoms with E-state index in [4.69, 9.17) is 14.5 Å². The van der Waals surface area contributed by atoms with Gasteiger partial charge in [-0.1, -0.05) is 17.4 Å². The fraction of sp³-hybridized carbons (Fsp3) is 0.273. The number of carbonyl (C=O) groups is 1. The lowest BCUT2D eigenvalue weighted by Crippen LogP contribution is -2.48. The standard InChI is InChI=1S/C22H21N3O3S2/c1-29-16-4-5-17-20(13-16)30-22(23-17)25-10-8-24(9-11-25)21(26)7-3-15-2-6-18-19(12-15)28-14-27-18/h2-7,12-13H,8-11,14H2,1H3.